The fourth-order valence-corrected chi connectivity index (χ4v) is 2.55. The molecule has 1 aliphatic heterocycles. The van der Waals surface area contributed by atoms with E-state index in [0.717, 1.165) is 4.90 Å². The number of halogens is 1. The van der Waals surface area contributed by atoms with Crippen molar-refractivity contribution in [3.05, 3.63) is 64.7 Å². The second-order valence-corrected chi connectivity index (χ2v) is 5.61. The van der Waals surface area contributed by atoms with Gasteiger partial charge in [-0.05, 0) is 36.4 Å². The number of nitrogens with one attached hydrogen (secondary N) is 1. The lowest BCUT2D eigenvalue weighted by molar-refractivity contribution is -0.122. The molecule has 0 radical (unpaired) electrons. The van der Waals surface area contributed by atoms with Gasteiger partial charge in [-0.15, -0.1) is 0 Å². The standard InChI is InChI=1S/C18H13ClN2O4/c1-25-15-5-3-2-4-11(15)10-14-16(22)20-18(24)21(17(14)23)13-8-6-12(19)7-9-13/h2-10H,1H3,(H,20,22,24). The number of hydrogen-bond acceptors (Lipinski definition) is 4. The van der Waals surface area contributed by atoms with E-state index in [1.165, 1.54) is 25.3 Å². The van der Waals surface area contributed by atoms with Crippen LogP contribution in [0.25, 0.3) is 6.08 Å². The number of methoxy groups -OCH3 is 1. The highest BCUT2D eigenvalue weighted by molar-refractivity contribution is 6.39. The number of carbonyl (C=O) groups is 3. The van der Waals surface area contributed by atoms with Gasteiger partial charge in [0.25, 0.3) is 11.8 Å². The number of rotatable bonds is 3. The molecule has 4 amide bonds. The van der Waals surface area contributed by atoms with Crippen LogP contribution in [0.3, 0.4) is 0 Å². The monoisotopic (exact) mass is 356 g/mol. The molecule has 126 valence electrons. The average Bonchev–Trinajstić information content (AvgIpc) is 2.60. The molecule has 0 bridgehead atoms. The smallest absolute Gasteiger partial charge is 0.335 e. The summed E-state index contributed by atoms with van der Waals surface area (Å²) in [5.41, 5.74) is 0.693. The summed E-state index contributed by atoms with van der Waals surface area (Å²) in [6, 6.07) is 12.3. The van der Waals surface area contributed by atoms with Crippen molar-refractivity contribution in [3.8, 4) is 5.75 Å². The summed E-state index contributed by atoms with van der Waals surface area (Å²) in [6.45, 7) is 0. The number of ether oxygens (including phenoxy) is 1. The summed E-state index contributed by atoms with van der Waals surface area (Å²) in [4.78, 5) is 37.9. The molecule has 0 aliphatic carbocycles. The Labute approximate surface area is 148 Å². The second kappa shape index (κ2) is 6.78. The molecule has 2 aromatic rings. The van der Waals surface area contributed by atoms with Crippen LogP contribution < -0.4 is 15.0 Å². The van der Waals surface area contributed by atoms with E-state index in [0.29, 0.717) is 22.0 Å². The van der Waals surface area contributed by atoms with Crippen molar-refractivity contribution >= 4 is 41.2 Å². The summed E-state index contributed by atoms with van der Waals surface area (Å²) < 4.78 is 5.22. The maximum absolute atomic E-state index is 12.7. The zero-order valence-corrected chi connectivity index (χ0v) is 13.9. The van der Waals surface area contributed by atoms with E-state index >= 15 is 0 Å². The van der Waals surface area contributed by atoms with Gasteiger partial charge < -0.3 is 4.74 Å². The number of hydrogen-bond donors (Lipinski definition) is 1. The molecule has 3 rings (SSSR count). The van der Waals surface area contributed by atoms with E-state index < -0.39 is 17.8 Å². The second-order valence-electron chi connectivity index (χ2n) is 5.18. The largest absolute Gasteiger partial charge is 0.496 e. The summed E-state index contributed by atoms with van der Waals surface area (Å²) >= 11 is 5.83. The summed E-state index contributed by atoms with van der Waals surface area (Å²) in [6.07, 6.45) is 1.39. The van der Waals surface area contributed by atoms with Crippen LogP contribution in [0.4, 0.5) is 10.5 Å². The molecule has 1 aliphatic rings. The maximum Gasteiger partial charge on any atom is 0.335 e. The number of amides is 4. The Bertz CT molecular complexity index is 890. The highest BCUT2D eigenvalue weighted by Crippen LogP contribution is 2.25. The summed E-state index contributed by atoms with van der Waals surface area (Å²) in [5, 5.41) is 2.63. The Morgan fingerprint density at radius 3 is 2.40 bits per heavy atom. The van der Waals surface area contributed by atoms with Gasteiger partial charge >= 0.3 is 6.03 Å². The molecule has 2 aromatic carbocycles. The van der Waals surface area contributed by atoms with Crippen molar-refractivity contribution in [2.45, 2.75) is 0 Å². The number of barbiturate groups is 1. The zero-order valence-electron chi connectivity index (χ0n) is 13.2. The normalized spacial score (nSPS) is 16.2. The van der Waals surface area contributed by atoms with Gasteiger partial charge in [-0.1, -0.05) is 29.8 Å². The van der Waals surface area contributed by atoms with Crippen molar-refractivity contribution in [1.29, 1.82) is 0 Å². The Hall–Kier alpha value is -3.12. The molecule has 0 spiro atoms. The molecule has 0 aromatic heterocycles. The van der Waals surface area contributed by atoms with Crippen LogP contribution in [-0.2, 0) is 9.59 Å². The van der Waals surface area contributed by atoms with Crippen LogP contribution in [-0.4, -0.2) is 25.0 Å². The van der Waals surface area contributed by atoms with Crippen LogP contribution in [0.15, 0.2) is 54.1 Å². The van der Waals surface area contributed by atoms with Crippen LogP contribution >= 0.6 is 11.6 Å². The highest BCUT2D eigenvalue weighted by atomic mass is 35.5. The van der Waals surface area contributed by atoms with Gasteiger partial charge in [0, 0.05) is 10.6 Å². The van der Waals surface area contributed by atoms with Gasteiger partial charge in [0.15, 0.2) is 0 Å². The van der Waals surface area contributed by atoms with Gasteiger partial charge in [-0.2, -0.15) is 0 Å². The first-order valence-corrected chi connectivity index (χ1v) is 7.69. The number of anilines is 1. The minimum atomic E-state index is -0.811. The molecule has 1 heterocycles. The maximum atomic E-state index is 12.7. The van der Waals surface area contributed by atoms with E-state index in [2.05, 4.69) is 5.32 Å². The topological polar surface area (TPSA) is 75.7 Å². The number of benzene rings is 2. The van der Waals surface area contributed by atoms with Crippen molar-refractivity contribution < 1.29 is 19.1 Å². The minimum absolute atomic E-state index is 0.168. The molecule has 0 unspecified atom stereocenters. The van der Waals surface area contributed by atoms with Gasteiger partial charge in [-0.25, -0.2) is 9.69 Å². The van der Waals surface area contributed by atoms with E-state index in [9.17, 15) is 14.4 Å². The highest BCUT2D eigenvalue weighted by Gasteiger charge is 2.36. The molecule has 0 saturated carbocycles. The molecule has 25 heavy (non-hydrogen) atoms. The molecule has 0 atom stereocenters. The third-order valence-corrected chi connectivity index (χ3v) is 3.88. The van der Waals surface area contributed by atoms with Gasteiger partial charge in [0.2, 0.25) is 0 Å². The van der Waals surface area contributed by atoms with Gasteiger partial charge in [0.1, 0.15) is 11.3 Å². The first kappa shape index (κ1) is 16.7. The van der Waals surface area contributed by atoms with E-state index in [-0.39, 0.29) is 5.57 Å². The lowest BCUT2D eigenvalue weighted by atomic mass is 10.1. The first-order valence-electron chi connectivity index (χ1n) is 7.31. The van der Waals surface area contributed by atoms with Crippen molar-refractivity contribution in [2.75, 3.05) is 12.0 Å². The Balaban J connectivity index is 2.03. The molecule has 6 nitrogen and oxygen atoms in total. The first-order chi connectivity index (χ1) is 12.0. The average molecular weight is 357 g/mol. The minimum Gasteiger partial charge on any atom is -0.496 e. The molecular weight excluding hydrogens is 344 g/mol. The number of imide groups is 2. The van der Waals surface area contributed by atoms with Crippen LogP contribution in [0, 0.1) is 0 Å². The van der Waals surface area contributed by atoms with E-state index in [1.807, 2.05) is 0 Å². The predicted molar refractivity (Wildman–Crippen MR) is 93.4 cm³/mol. The fourth-order valence-electron chi connectivity index (χ4n) is 2.42. The van der Waals surface area contributed by atoms with Crippen molar-refractivity contribution in [3.63, 3.8) is 0 Å². The third-order valence-electron chi connectivity index (χ3n) is 3.63. The predicted octanol–water partition coefficient (Wildman–Crippen LogP) is 3.02. The van der Waals surface area contributed by atoms with Crippen LogP contribution in [0.2, 0.25) is 5.02 Å². The Kier molecular flexibility index (Phi) is 4.54. The quantitative estimate of drug-likeness (QED) is 0.677. The molecule has 1 saturated heterocycles. The Morgan fingerprint density at radius 2 is 1.72 bits per heavy atom. The fraction of sp³-hybridized carbons (Fsp3) is 0.0556. The number of urea groups is 1. The number of para-hydroxylation sites is 1. The van der Waals surface area contributed by atoms with Crippen molar-refractivity contribution in [2.24, 2.45) is 0 Å². The molecule has 7 heteroatoms. The summed E-state index contributed by atoms with van der Waals surface area (Å²) in [7, 11) is 1.49. The third kappa shape index (κ3) is 3.25. The van der Waals surface area contributed by atoms with Crippen molar-refractivity contribution in [1.82, 2.24) is 5.32 Å². The lowest BCUT2D eigenvalue weighted by Crippen LogP contribution is -2.54. The Morgan fingerprint density at radius 1 is 1.04 bits per heavy atom. The summed E-state index contributed by atoms with van der Waals surface area (Å²) in [5.74, 6) is -0.973. The van der Waals surface area contributed by atoms with E-state index in [1.54, 1.807) is 36.4 Å². The zero-order chi connectivity index (χ0) is 18.0. The van der Waals surface area contributed by atoms with Crippen LogP contribution in [0.5, 0.6) is 5.75 Å². The lowest BCUT2D eigenvalue weighted by Gasteiger charge is -2.26. The van der Waals surface area contributed by atoms with Gasteiger partial charge in [0.05, 0.1) is 12.8 Å². The van der Waals surface area contributed by atoms with Gasteiger partial charge in [-0.3, -0.25) is 14.9 Å². The molecule has 1 fully saturated rings. The molecule has 1 N–H and O–H groups in total. The molecular formula is C18H13ClN2O4. The number of nitrogens with zero attached hydrogens (tertiary/aromatic N) is 1. The van der Waals surface area contributed by atoms with Crippen LogP contribution in [0.1, 0.15) is 5.56 Å². The SMILES string of the molecule is COc1ccccc1C=C1C(=O)NC(=O)N(c2ccc(Cl)cc2)C1=O. The van der Waals surface area contributed by atoms with E-state index in [4.69, 9.17) is 16.3 Å². The number of carbonyl (C=O) groups excluding carboxylic acids is 3.